The molecule has 1 N–H and O–H groups in total. The van der Waals surface area contributed by atoms with E-state index in [1.54, 1.807) is 12.1 Å². The van der Waals surface area contributed by atoms with Crippen LogP contribution < -0.4 is 9.80 Å². The third-order valence-electron chi connectivity index (χ3n) is 5.34. The zero-order valence-corrected chi connectivity index (χ0v) is 15.7. The molecule has 0 radical (unpaired) electrons. The Labute approximate surface area is 166 Å². The molecule has 2 aromatic carbocycles. The molecule has 1 unspecified atom stereocenters. The average molecular weight is 404 g/mol. The van der Waals surface area contributed by atoms with Crippen molar-refractivity contribution in [1.82, 2.24) is 0 Å². The van der Waals surface area contributed by atoms with E-state index in [9.17, 15) is 18.4 Å². The van der Waals surface area contributed by atoms with Crippen LogP contribution in [-0.4, -0.2) is 30.9 Å². The lowest BCUT2D eigenvalue weighted by Gasteiger charge is -2.27. The molecule has 0 aromatic heterocycles. The van der Waals surface area contributed by atoms with Crippen molar-refractivity contribution in [3.8, 4) is 0 Å². The van der Waals surface area contributed by atoms with E-state index in [-0.39, 0.29) is 29.1 Å². The lowest BCUT2D eigenvalue weighted by Crippen LogP contribution is -3.17. The van der Waals surface area contributed by atoms with Crippen molar-refractivity contribution >= 4 is 34.7 Å². The van der Waals surface area contributed by atoms with Gasteiger partial charge in [0.2, 0.25) is 5.91 Å². The van der Waals surface area contributed by atoms with E-state index >= 15 is 0 Å². The van der Waals surface area contributed by atoms with Crippen molar-refractivity contribution in [3.63, 3.8) is 0 Å². The molecule has 2 aliphatic rings. The molecule has 1 fully saturated rings. The van der Waals surface area contributed by atoms with Gasteiger partial charge >= 0.3 is 0 Å². The number of nitrogens with one attached hydrogen (secondary N) is 1. The zero-order valence-electron chi connectivity index (χ0n) is 14.9. The number of nitrogens with zero attached hydrogens (tertiary/aromatic N) is 1. The van der Waals surface area contributed by atoms with Gasteiger partial charge < -0.3 is 4.90 Å². The lowest BCUT2D eigenvalue weighted by atomic mass is 9.98. The summed E-state index contributed by atoms with van der Waals surface area (Å²) in [7, 11) is 0. The molecule has 144 valence electrons. The fourth-order valence-corrected chi connectivity index (χ4v) is 4.02. The molecule has 1 saturated heterocycles. The highest BCUT2D eigenvalue weighted by atomic mass is 35.5. The molecule has 0 bridgehead atoms. The van der Waals surface area contributed by atoms with Gasteiger partial charge in [-0.05, 0) is 47.5 Å². The van der Waals surface area contributed by atoms with Crippen molar-refractivity contribution in [2.24, 2.45) is 0 Å². The monoisotopic (exact) mass is 403 g/mol. The summed E-state index contributed by atoms with van der Waals surface area (Å²) >= 11 is 5.80. The van der Waals surface area contributed by atoms with Crippen LogP contribution >= 0.6 is 11.6 Å². The Bertz CT molecular complexity index is 975. The molecule has 4 rings (SSSR count). The number of hydrogen-bond acceptors (Lipinski definition) is 2. The third kappa shape index (κ3) is 3.45. The first kappa shape index (κ1) is 18.8. The minimum absolute atomic E-state index is 0.114. The Morgan fingerprint density at radius 2 is 1.82 bits per heavy atom. The van der Waals surface area contributed by atoms with Gasteiger partial charge in [-0.3, -0.25) is 9.59 Å². The van der Waals surface area contributed by atoms with Crippen molar-refractivity contribution in [3.05, 3.63) is 70.8 Å². The molecule has 7 heteroatoms. The molecular formula is C21H18ClF2N2O2+. The molecule has 0 spiro atoms. The van der Waals surface area contributed by atoms with Gasteiger partial charge in [-0.1, -0.05) is 23.7 Å². The van der Waals surface area contributed by atoms with E-state index in [0.717, 1.165) is 33.4 Å². The predicted molar refractivity (Wildman–Crippen MR) is 102 cm³/mol. The molecule has 0 saturated carbocycles. The first-order valence-electron chi connectivity index (χ1n) is 9.05. The van der Waals surface area contributed by atoms with Crippen LogP contribution in [0, 0.1) is 11.6 Å². The smallest absolute Gasteiger partial charge is 0.292 e. The van der Waals surface area contributed by atoms with Gasteiger partial charge in [0.25, 0.3) is 5.91 Å². The maximum absolute atomic E-state index is 13.4. The number of carbonyl (C=O) groups is 2. The Morgan fingerprint density at radius 3 is 2.46 bits per heavy atom. The molecule has 4 nitrogen and oxygen atoms in total. The summed E-state index contributed by atoms with van der Waals surface area (Å²) < 4.78 is 26.5. The molecule has 28 heavy (non-hydrogen) atoms. The van der Waals surface area contributed by atoms with E-state index in [1.165, 1.54) is 24.3 Å². The Hall–Kier alpha value is -2.57. The molecule has 2 atom stereocenters. The van der Waals surface area contributed by atoms with Crippen LogP contribution in [0.3, 0.4) is 0 Å². The number of amides is 2. The number of hydrogen-bond donors (Lipinski definition) is 1. The number of benzene rings is 2. The number of quaternary nitrogens is 1. The summed E-state index contributed by atoms with van der Waals surface area (Å²) in [4.78, 5) is 27.5. The maximum Gasteiger partial charge on any atom is 0.292 e. The van der Waals surface area contributed by atoms with Gasteiger partial charge in [-0.15, -0.1) is 0 Å². The van der Waals surface area contributed by atoms with Crippen molar-refractivity contribution in [2.75, 3.05) is 18.0 Å². The van der Waals surface area contributed by atoms with E-state index in [2.05, 4.69) is 0 Å². The summed E-state index contributed by atoms with van der Waals surface area (Å²) in [6.45, 7) is 1.30. The molecule has 2 aromatic rings. The zero-order chi connectivity index (χ0) is 19.8. The summed E-state index contributed by atoms with van der Waals surface area (Å²) in [5, 5.41) is -0.126. The molecule has 0 aliphatic carbocycles. The van der Waals surface area contributed by atoms with Crippen molar-refractivity contribution in [1.29, 1.82) is 0 Å². The van der Waals surface area contributed by atoms with Crippen molar-refractivity contribution in [2.45, 2.75) is 18.9 Å². The second kappa shape index (κ2) is 7.45. The van der Waals surface area contributed by atoms with Crippen LogP contribution in [0.2, 0.25) is 5.02 Å². The minimum Gasteiger partial charge on any atom is -0.321 e. The van der Waals surface area contributed by atoms with E-state index in [0.29, 0.717) is 18.8 Å². The summed E-state index contributed by atoms with van der Waals surface area (Å²) in [6.07, 6.45) is 2.89. The van der Waals surface area contributed by atoms with Gasteiger partial charge in [-0.2, -0.15) is 0 Å². The van der Waals surface area contributed by atoms with Crippen LogP contribution in [0.5, 0.6) is 0 Å². The SMILES string of the molecule is O=C1C[C@@H]([NH+]2CC=C(c3ccc(F)cc3)CC2)C(=O)N1c1ccc(F)c(Cl)c1. The first-order chi connectivity index (χ1) is 13.4. The van der Waals surface area contributed by atoms with Gasteiger partial charge in [0.1, 0.15) is 11.6 Å². The van der Waals surface area contributed by atoms with Crippen LogP contribution in [-0.2, 0) is 9.59 Å². The second-order valence-electron chi connectivity index (χ2n) is 7.02. The Morgan fingerprint density at radius 1 is 1.07 bits per heavy atom. The molecule has 2 aliphatic heterocycles. The van der Waals surface area contributed by atoms with Gasteiger partial charge in [0, 0.05) is 6.42 Å². The van der Waals surface area contributed by atoms with Gasteiger partial charge in [0.05, 0.1) is 30.2 Å². The number of anilines is 1. The lowest BCUT2D eigenvalue weighted by molar-refractivity contribution is -0.909. The maximum atomic E-state index is 13.4. The largest absolute Gasteiger partial charge is 0.321 e. The summed E-state index contributed by atoms with van der Waals surface area (Å²) in [5.74, 6) is -1.47. The number of carbonyl (C=O) groups excluding carboxylic acids is 2. The Balaban J connectivity index is 1.50. The quantitative estimate of drug-likeness (QED) is 0.800. The minimum atomic E-state index is -0.596. The van der Waals surface area contributed by atoms with Gasteiger partial charge in [0.15, 0.2) is 6.04 Å². The van der Waals surface area contributed by atoms with Crippen molar-refractivity contribution < 1.29 is 23.3 Å². The standard InChI is InChI=1S/C21H17ClF2N2O2/c22-17-11-16(5-6-18(17)24)26-20(27)12-19(21(26)28)25-9-7-14(8-10-25)13-1-3-15(23)4-2-13/h1-7,11,19H,8-10,12H2/p+1/t19-/m1/s1. The van der Waals surface area contributed by atoms with E-state index in [4.69, 9.17) is 11.6 Å². The van der Waals surface area contributed by atoms with Crippen LogP contribution in [0.4, 0.5) is 14.5 Å². The number of rotatable bonds is 3. The number of imide groups is 1. The average Bonchev–Trinajstić information content (AvgIpc) is 2.99. The van der Waals surface area contributed by atoms with Crippen LogP contribution in [0.1, 0.15) is 18.4 Å². The normalized spacial score (nSPS) is 22.5. The van der Waals surface area contributed by atoms with E-state index < -0.39 is 11.9 Å². The fourth-order valence-electron chi connectivity index (χ4n) is 3.84. The number of halogens is 3. The highest BCUT2D eigenvalue weighted by molar-refractivity contribution is 6.31. The molecular weight excluding hydrogens is 386 g/mol. The Kier molecular flexibility index (Phi) is 5.00. The molecule has 2 heterocycles. The highest BCUT2D eigenvalue weighted by Crippen LogP contribution is 2.27. The fraction of sp³-hybridized carbons (Fsp3) is 0.238. The van der Waals surface area contributed by atoms with Gasteiger partial charge in [-0.25, -0.2) is 13.7 Å². The molecule has 2 amide bonds. The highest BCUT2D eigenvalue weighted by Gasteiger charge is 2.46. The summed E-state index contributed by atoms with van der Waals surface area (Å²) in [5.41, 5.74) is 2.38. The first-order valence-corrected chi connectivity index (χ1v) is 9.43. The topological polar surface area (TPSA) is 41.8 Å². The van der Waals surface area contributed by atoms with E-state index in [1.807, 2.05) is 6.08 Å². The second-order valence-corrected chi connectivity index (χ2v) is 7.43. The van der Waals surface area contributed by atoms with Crippen LogP contribution in [0.15, 0.2) is 48.5 Å². The van der Waals surface area contributed by atoms with Crippen LogP contribution in [0.25, 0.3) is 5.57 Å². The third-order valence-corrected chi connectivity index (χ3v) is 5.63. The predicted octanol–water partition coefficient (Wildman–Crippen LogP) is 2.62. The summed E-state index contributed by atoms with van der Waals surface area (Å²) in [6, 6.07) is 9.72.